The average Bonchev–Trinajstić information content (AvgIpc) is 2.11. The van der Waals surface area contributed by atoms with Gasteiger partial charge in [0.15, 0.2) is 0 Å². The van der Waals surface area contributed by atoms with Crippen LogP contribution in [0.15, 0.2) is 0 Å². The molecule has 0 aliphatic carbocycles. The standard InChI is InChI=1S/C10H18F5NO2/c1-16(4-5-17)6-8(18)2-3-9(11,12)7-10(13,14)15/h8,17-18H,2-7H2,1H3. The molecule has 0 aromatic rings. The van der Waals surface area contributed by atoms with Gasteiger partial charge in [0.05, 0.1) is 12.7 Å². The third-order valence-corrected chi connectivity index (χ3v) is 2.31. The van der Waals surface area contributed by atoms with Gasteiger partial charge in [0.25, 0.3) is 5.92 Å². The maximum absolute atomic E-state index is 12.9. The molecule has 3 nitrogen and oxygen atoms in total. The molecule has 0 rings (SSSR count). The van der Waals surface area contributed by atoms with Gasteiger partial charge in [-0.2, -0.15) is 13.2 Å². The first-order chi connectivity index (χ1) is 8.06. The monoisotopic (exact) mass is 279 g/mol. The van der Waals surface area contributed by atoms with E-state index in [2.05, 4.69) is 0 Å². The Morgan fingerprint density at radius 3 is 2.17 bits per heavy atom. The van der Waals surface area contributed by atoms with Crippen molar-refractivity contribution < 1.29 is 32.2 Å². The average molecular weight is 279 g/mol. The minimum atomic E-state index is -4.91. The summed E-state index contributed by atoms with van der Waals surface area (Å²) in [5, 5.41) is 17.9. The number of rotatable bonds is 8. The van der Waals surface area contributed by atoms with E-state index in [0.29, 0.717) is 0 Å². The number of alkyl halides is 5. The minimum Gasteiger partial charge on any atom is -0.395 e. The summed E-state index contributed by atoms with van der Waals surface area (Å²) >= 11 is 0. The highest BCUT2D eigenvalue weighted by atomic mass is 19.4. The molecule has 110 valence electrons. The molecule has 0 saturated carbocycles. The molecule has 0 amide bonds. The van der Waals surface area contributed by atoms with E-state index in [9.17, 15) is 27.1 Å². The van der Waals surface area contributed by atoms with Gasteiger partial charge in [-0.1, -0.05) is 0 Å². The van der Waals surface area contributed by atoms with Crippen LogP contribution in [0.5, 0.6) is 0 Å². The van der Waals surface area contributed by atoms with Crippen LogP contribution in [0.3, 0.4) is 0 Å². The molecule has 18 heavy (non-hydrogen) atoms. The first-order valence-electron chi connectivity index (χ1n) is 5.48. The van der Waals surface area contributed by atoms with Gasteiger partial charge in [0.1, 0.15) is 6.42 Å². The van der Waals surface area contributed by atoms with Crippen LogP contribution in [0.4, 0.5) is 22.0 Å². The van der Waals surface area contributed by atoms with Gasteiger partial charge in [-0.15, -0.1) is 0 Å². The number of likely N-dealkylation sites (N-methyl/N-ethyl adjacent to an activating group) is 1. The van der Waals surface area contributed by atoms with Crippen LogP contribution >= 0.6 is 0 Å². The Morgan fingerprint density at radius 1 is 1.17 bits per heavy atom. The highest BCUT2D eigenvalue weighted by Gasteiger charge is 2.43. The number of aliphatic hydroxyl groups is 2. The SMILES string of the molecule is CN(CCO)CC(O)CCC(F)(F)CC(F)(F)F. The fraction of sp³-hybridized carbons (Fsp3) is 1.00. The maximum atomic E-state index is 12.9. The van der Waals surface area contributed by atoms with Crippen molar-refractivity contribution >= 4 is 0 Å². The third kappa shape index (κ3) is 9.55. The molecule has 0 saturated heterocycles. The lowest BCUT2D eigenvalue weighted by atomic mass is 10.1. The molecule has 1 atom stereocenters. The molecule has 8 heteroatoms. The van der Waals surface area contributed by atoms with Crippen LogP contribution in [0.2, 0.25) is 0 Å². The fourth-order valence-electron chi connectivity index (χ4n) is 1.47. The molecule has 0 bridgehead atoms. The Balaban J connectivity index is 4.00. The van der Waals surface area contributed by atoms with Crippen LogP contribution in [0, 0.1) is 0 Å². The summed E-state index contributed by atoms with van der Waals surface area (Å²) in [4.78, 5) is 1.51. The number of nitrogens with zero attached hydrogens (tertiary/aromatic N) is 1. The second-order valence-electron chi connectivity index (χ2n) is 4.33. The summed E-state index contributed by atoms with van der Waals surface area (Å²) < 4.78 is 61.2. The molecule has 1 unspecified atom stereocenters. The fourth-order valence-corrected chi connectivity index (χ4v) is 1.47. The predicted octanol–water partition coefficient (Wildman–Crippen LogP) is 1.64. The molecule has 0 aromatic heterocycles. The van der Waals surface area contributed by atoms with Crippen LogP contribution < -0.4 is 0 Å². The van der Waals surface area contributed by atoms with Gasteiger partial charge in [-0.05, 0) is 13.5 Å². The Kier molecular flexibility index (Phi) is 7.01. The smallest absolute Gasteiger partial charge is 0.394 e. The highest BCUT2D eigenvalue weighted by Crippen LogP contribution is 2.34. The zero-order valence-corrected chi connectivity index (χ0v) is 10.1. The van der Waals surface area contributed by atoms with Gasteiger partial charge in [-0.25, -0.2) is 8.78 Å². The lowest BCUT2D eigenvalue weighted by Gasteiger charge is -2.22. The first kappa shape index (κ1) is 17.5. The summed E-state index contributed by atoms with van der Waals surface area (Å²) in [6, 6.07) is 0. The topological polar surface area (TPSA) is 43.7 Å². The van der Waals surface area contributed by atoms with Crippen LogP contribution in [-0.2, 0) is 0 Å². The van der Waals surface area contributed by atoms with E-state index in [1.165, 1.54) is 4.90 Å². The van der Waals surface area contributed by atoms with Crippen LogP contribution in [0.1, 0.15) is 19.3 Å². The van der Waals surface area contributed by atoms with E-state index < -0.39 is 37.5 Å². The largest absolute Gasteiger partial charge is 0.395 e. The molecule has 0 radical (unpaired) electrons. The first-order valence-corrected chi connectivity index (χ1v) is 5.48. The Bertz CT molecular complexity index is 235. The summed E-state index contributed by atoms with van der Waals surface area (Å²) in [6.07, 6.45) is -9.65. The zero-order chi connectivity index (χ0) is 14.4. The van der Waals surface area contributed by atoms with Crippen molar-refractivity contribution in [2.45, 2.75) is 37.5 Å². The Hall–Kier alpha value is -0.470. The summed E-state index contributed by atoms with van der Waals surface area (Å²) in [7, 11) is 1.56. The van der Waals surface area contributed by atoms with Gasteiger partial charge >= 0.3 is 6.18 Å². The van der Waals surface area contributed by atoms with Gasteiger partial charge in [0, 0.05) is 19.5 Å². The predicted molar refractivity (Wildman–Crippen MR) is 55.4 cm³/mol. The van der Waals surface area contributed by atoms with Gasteiger partial charge < -0.3 is 15.1 Å². The molecule has 0 aliphatic rings. The lowest BCUT2D eigenvalue weighted by molar-refractivity contribution is -0.190. The second-order valence-corrected chi connectivity index (χ2v) is 4.33. The molecular formula is C10H18F5NO2. The molecule has 2 N–H and O–H groups in total. The van der Waals surface area contributed by atoms with E-state index >= 15 is 0 Å². The van der Waals surface area contributed by atoms with E-state index in [1.54, 1.807) is 7.05 Å². The second kappa shape index (κ2) is 7.20. The Labute approximate surface area is 102 Å². The highest BCUT2D eigenvalue weighted by molar-refractivity contribution is 4.73. The van der Waals surface area contributed by atoms with Crippen molar-refractivity contribution in [2.24, 2.45) is 0 Å². The number of halogens is 5. The molecule has 0 aliphatic heterocycles. The van der Waals surface area contributed by atoms with Crippen molar-refractivity contribution in [2.75, 3.05) is 26.7 Å². The maximum Gasteiger partial charge on any atom is 0.394 e. The van der Waals surface area contributed by atoms with Crippen LogP contribution in [0.25, 0.3) is 0 Å². The van der Waals surface area contributed by atoms with Gasteiger partial charge in [-0.3, -0.25) is 0 Å². The summed E-state index contributed by atoms with van der Waals surface area (Å²) in [6.45, 7) is 0.145. The molecular weight excluding hydrogens is 261 g/mol. The summed E-state index contributed by atoms with van der Waals surface area (Å²) in [5.74, 6) is -3.85. The van der Waals surface area contributed by atoms with Crippen molar-refractivity contribution in [3.63, 3.8) is 0 Å². The number of hydrogen-bond acceptors (Lipinski definition) is 3. The normalized spacial score (nSPS) is 15.2. The molecule has 0 fully saturated rings. The minimum absolute atomic E-state index is 0.0304. The molecule has 0 spiro atoms. The summed E-state index contributed by atoms with van der Waals surface area (Å²) in [5.41, 5.74) is 0. The Morgan fingerprint density at radius 2 is 1.72 bits per heavy atom. The van der Waals surface area contributed by atoms with Crippen molar-refractivity contribution in [3.8, 4) is 0 Å². The lowest BCUT2D eigenvalue weighted by Crippen LogP contribution is -2.33. The zero-order valence-electron chi connectivity index (χ0n) is 10.1. The number of aliphatic hydroxyl groups excluding tert-OH is 2. The van der Waals surface area contributed by atoms with E-state index in [0.717, 1.165) is 0 Å². The van der Waals surface area contributed by atoms with E-state index in [-0.39, 0.29) is 19.7 Å². The molecule has 0 aromatic carbocycles. The van der Waals surface area contributed by atoms with Crippen molar-refractivity contribution in [1.82, 2.24) is 4.90 Å². The van der Waals surface area contributed by atoms with Gasteiger partial charge in [0.2, 0.25) is 0 Å². The quantitative estimate of drug-likeness (QED) is 0.664. The number of hydrogen-bond donors (Lipinski definition) is 2. The van der Waals surface area contributed by atoms with Crippen molar-refractivity contribution in [3.05, 3.63) is 0 Å². The van der Waals surface area contributed by atoms with E-state index in [4.69, 9.17) is 5.11 Å². The third-order valence-electron chi connectivity index (χ3n) is 2.31. The van der Waals surface area contributed by atoms with Crippen LogP contribution in [-0.4, -0.2) is 60.1 Å². The van der Waals surface area contributed by atoms with Crippen molar-refractivity contribution in [1.29, 1.82) is 0 Å². The molecule has 0 heterocycles. The van der Waals surface area contributed by atoms with E-state index in [1.807, 2.05) is 0 Å².